The van der Waals surface area contributed by atoms with E-state index < -0.39 is 0 Å². The highest BCUT2D eigenvalue weighted by Gasteiger charge is 2.35. The van der Waals surface area contributed by atoms with Gasteiger partial charge in [-0.1, -0.05) is 60.7 Å². The summed E-state index contributed by atoms with van der Waals surface area (Å²) in [5.41, 5.74) is 25.0. The van der Waals surface area contributed by atoms with Crippen molar-refractivity contribution >= 4 is 45.3 Å². The molecule has 2 nitrogen and oxygen atoms in total. The number of aryl methyl sites for hydroxylation is 8. The lowest BCUT2D eigenvalue weighted by atomic mass is 9.78. The number of benzene rings is 6. The van der Waals surface area contributed by atoms with Crippen molar-refractivity contribution in [3.8, 4) is 0 Å². The van der Waals surface area contributed by atoms with E-state index in [2.05, 4.69) is 174 Å². The van der Waals surface area contributed by atoms with Crippen LogP contribution in [-0.4, -0.2) is 0 Å². The van der Waals surface area contributed by atoms with E-state index in [9.17, 15) is 0 Å². The van der Waals surface area contributed by atoms with Crippen molar-refractivity contribution in [3.05, 3.63) is 176 Å². The van der Waals surface area contributed by atoms with Gasteiger partial charge in [-0.15, -0.1) is 0 Å². The van der Waals surface area contributed by atoms with Crippen LogP contribution in [0.3, 0.4) is 0 Å². The standard InChI is InChI=1S/C46H42N2/c1-27-9-13-37-41(23-27)47(35-19-31(5)17-32(6)20-35)42-24-28(2)10-14-38(42)45(37)46-39-15-11-29(3)25-43(39)48(36-21-33(7)18-34(8)22-36)44-26-30(4)12-16-40(44)46/h9-26H,1-8H3. The van der Waals surface area contributed by atoms with Crippen molar-refractivity contribution in [2.75, 3.05) is 9.80 Å². The fraction of sp³-hybridized carbons (Fsp3) is 0.174. The summed E-state index contributed by atoms with van der Waals surface area (Å²) in [4.78, 5) is 4.98. The van der Waals surface area contributed by atoms with E-state index in [-0.39, 0.29) is 0 Å². The predicted molar refractivity (Wildman–Crippen MR) is 205 cm³/mol. The second kappa shape index (κ2) is 11.1. The Hall–Kier alpha value is -5.34. The Balaban J connectivity index is 1.52. The molecule has 48 heavy (non-hydrogen) atoms. The molecular formula is C46H42N2. The summed E-state index contributed by atoms with van der Waals surface area (Å²) < 4.78 is 0. The van der Waals surface area contributed by atoms with Crippen molar-refractivity contribution in [3.63, 3.8) is 0 Å². The molecule has 0 N–H and O–H groups in total. The number of anilines is 6. The molecule has 2 heteroatoms. The highest BCUT2D eigenvalue weighted by molar-refractivity contribution is 6.17. The van der Waals surface area contributed by atoms with Gasteiger partial charge in [-0.3, -0.25) is 0 Å². The van der Waals surface area contributed by atoms with Crippen LogP contribution in [-0.2, 0) is 0 Å². The zero-order valence-electron chi connectivity index (χ0n) is 29.3. The average Bonchev–Trinajstić information content (AvgIpc) is 3.01. The van der Waals surface area contributed by atoms with Gasteiger partial charge in [-0.25, -0.2) is 0 Å². The SMILES string of the molecule is Cc1cc(C)cc(N2c3cc(C)ccc3C(=C3c4ccc(C)cc4N(c4cc(C)cc(C)c4)c4cc(C)ccc43)c3ccc(C)cc32)c1. The molecule has 2 aliphatic heterocycles. The first-order valence-corrected chi connectivity index (χ1v) is 17.0. The van der Waals surface area contributed by atoms with Gasteiger partial charge in [-0.2, -0.15) is 0 Å². The van der Waals surface area contributed by atoms with Gasteiger partial charge in [0.25, 0.3) is 0 Å². The van der Waals surface area contributed by atoms with Crippen LogP contribution >= 0.6 is 0 Å². The molecular weight excluding hydrogens is 581 g/mol. The summed E-state index contributed by atoms with van der Waals surface area (Å²) in [5, 5.41) is 0. The first-order valence-electron chi connectivity index (χ1n) is 17.0. The fourth-order valence-corrected chi connectivity index (χ4v) is 7.96. The fourth-order valence-electron chi connectivity index (χ4n) is 7.96. The molecule has 0 amide bonds. The molecule has 0 saturated carbocycles. The van der Waals surface area contributed by atoms with Crippen LogP contribution in [0.1, 0.15) is 66.8 Å². The summed E-state index contributed by atoms with van der Waals surface area (Å²) in [5.74, 6) is 0. The number of hydrogen-bond acceptors (Lipinski definition) is 2. The van der Waals surface area contributed by atoms with E-state index in [1.54, 1.807) is 0 Å². The van der Waals surface area contributed by atoms with Gasteiger partial charge in [0.05, 0.1) is 22.7 Å². The largest absolute Gasteiger partial charge is 0.309 e. The van der Waals surface area contributed by atoms with Crippen LogP contribution in [0.25, 0.3) is 11.1 Å². The van der Waals surface area contributed by atoms with Crippen LogP contribution in [0.2, 0.25) is 0 Å². The molecule has 8 rings (SSSR count). The molecule has 0 bridgehead atoms. The van der Waals surface area contributed by atoms with Gasteiger partial charge in [0, 0.05) is 44.8 Å². The topological polar surface area (TPSA) is 6.48 Å². The van der Waals surface area contributed by atoms with Crippen molar-refractivity contribution < 1.29 is 0 Å². The second-order valence-corrected chi connectivity index (χ2v) is 14.2. The smallest absolute Gasteiger partial charge is 0.0543 e. The van der Waals surface area contributed by atoms with Crippen LogP contribution < -0.4 is 9.80 Å². The quantitative estimate of drug-likeness (QED) is 0.189. The van der Waals surface area contributed by atoms with Crippen LogP contribution in [0.4, 0.5) is 34.1 Å². The van der Waals surface area contributed by atoms with Crippen LogP contribution in [0, 0.1) is 55.4 Å². The van der Waals surface area contributed by atoms with E-state index >= 15 is 0 Å². The molecule has 6 aromatic rings. The summed E-state index contributed by atoms with van der Waals surface area (Å²) in [6, 6.07) is 41.8. The van der Waals surface area contributed by atoms with Crippen LogP contribution in [0.5, 0.6) is 0 Å². The minimum Gasteiger partial charge on any atom is -0.309 e. The zero-order valence-corrected chi connectivity index (χ0v) is 29.3. The zero-order chi connectivity index (χ0) is 33.4. The monoisotopic (exact) mass is 622 g/mol. The second-order valence-electron chi connectivity index (χ2n) is 14.2. The van der Waals surface area contributed by atoms with Crippen molar-refractivity contribution in [1.82, 2.24) is 0 Å². The molecule has 0 saturated heterocycles. The summed E-state index contributed by atoms with van der Waals surface area (Å²) >= 11 is 0. The maximum atomic E-state index is 2.49. The summed E-state index contributed by atoms with van der Waals surface area (Å²) in [6.07, 6.45) is 0. The lowest BCUT2D eigenvalue weighted by Crippen LogP contribution is -2.22. The lowest BCUT2D eigenvalue weighted by molar-refractivity contribution is 1.19. The van der Waals surface area contributed by atoms with Gasteiger partial charge in [0.2, 0.25) is 0 Å². The predicted octanol–water partition coefficient (Wildman–Crippen LogP) is 12.7. The average molecular weight is 623 g/mol. The number of rotatable bonds is 2. The third kappa shape index (κ3) is 4.86. The number of nitrogens with zero attached hydrogens (tertiary/aromatic N) is 2. The summed E-state index contributed by atoms with van der Waals surface area (Å²) in [6.45, 7) is 17.6. The van der Waals surface area contributed by atoms with Crippen molar-refractivity contribution in [1.29, 1.82) is 0 Å². The maximum Gasteiger partial charge on any atom is 0.0543 e. The molecule has 0 fully saturated rings. The van der Waals surface area contributed by atoms with Gasteiger partial charge >= 0.3 is 0 Å². The molecule has 0 radical (unpaired) electrons. The molecule has 6 aromatic carbocycles. The van der Waals surface area contributed by atoms with Crippen LogP contribution in [0.15, 0.2) is 109 Å². The summed E-state index contributed by atoms with van der Waals surface area (Å²) in [7, 11) is 0. The normalized spacial score (nSPS) is 13.2. The van der Waals surface area contributed by atoms with Crippen molar-refractivity contribution in [2.24, 2.45) is 0 Å². The molecule has 0 aliphatic carbocycles. The third-order valence-electron chi connectivity index (χ3n) is 9.83. The molecule has 0 atom stereocenters. The minimum atomic E-state index is 1.20. The van der Waals surface area contributed by atoms with E-state index in [0.717, 1.165) is 0 Å². The van der Waals surface area contributed by atoms with Gasteiger partial charge in [0.15, 0.2) is 0 Å². The lowest BCUT2D eigenvalue weighted by Gasteiger charge is -2.40. The molecule has 236 valence electrons. The first-order chi connectivity index (χ1) is 23.0. The highest BCUT2D eigenvalue weighted by Crippen LogP contribution is 2.57. The van der Waals surface area contributed by atoms with Crippen molar-refractivity contribution in [2.45, 2.75) is 55.4 Å². The van der Waals surface area contributed by atoms with E-state index in [0.29, 0.717) is 0 Å². The van der Waals surface area contributed by atoms with Gasteiger partial charge < -0.3 is 9.80 Å². The third-order valence-corrected chi connectivity index (χ3v) is 9.83. The molecule has 0 spiro atoms. The Morgan fingerprint density at radius 3 is 0.771 bits per heavy atom. The Labute approximate surface area is 285 Å². The highest BCUT2D eigenvalue weighted by atomic mass is 15.2. The Bertz CT molecular complexity index is 2020. The van der Waals surface area contributed by atoms with E-state index in [1.807, 2.05) is 0 Å². The first kappa shape index (κ1) is 30.0. The molecule has 2 heterocycles. The van der Waals surface area contributed by atoms with Gasteiger partial charge in [0.1, 0.15) is 0 Å². The Morgan fingerprint density at radius 1 is 0.271 bits per heavy atom. The minimum absolute atomic E-state index is 1.20. The number of hydrogen-bond donors (Lipinski definition) is 0. The van der Waals surface area contributed by atoms with Gasteiger partial charge in [-0.05, 0) is 148 Å². The van der Waals surface area contributed by atoms with E-state index in [4.69, 9.17) is 0 Å². The number of fused-ring (bicyclic) bond motifs is 4. The van der Waals surface area contributed by atoms with E-state index in [1.165, 1.54) is 112 Å². The Kier molecular flexibility index (Phi) is 6.96. The maximum absolute atomic E-state index is 2.49. The molecule has 0 unspecified atom stereocenters. The molecule has 2 aliphatic rings. The Morgan fingerprint density at radius 2 is 0.521 bits per heavy atom. The molecule has 0 aromatic heterocycles.